The summed E-state index contributed by atoms with van der Waals surface area (Å²) in [5, 5.41) is 3.41. The molecule has 1 N–H and O–H groups in total. The van der Waals surface area contributed by atoms with Crippen LogP contribution in [0.15, 0.2) is 72.8 Å². The van der Waals surface area contributed by atoms with Crippen LogP contribution in [0.3, 0.4) is 0 Å². The molecular weight excluding hydrogens is 370 g/mol. The number of nitrogens with one attached hydrogen (secondary N) is 1. The zero-order valence-electron chi connectivity index (χ0n) is 15.5. The van der Waals surface area contributed by atoms with Crippen molar-refractivity contribution >= 4 is 28.5 Å². The maximum Gasteiger partial charge on any atom is 0.252 e. The fourth-order valence-corrected chi connectivity index (χ4v) is 3.47. The van der Waals surface area contributed by atoms with Crippen LogP contribution in [0.2, 0.25) is 5.02 Å². The number of hydrogen-bond acceptors (Lipinski definition) is 2. The topological polar surface area (TPSA) is 46.9 Å². The van der Waals surface area contributed by atoms with Crippen LogP contribution in [0.1, 0.15) is 15.9 Å². The highest BCUT2D eigenvalue weighted by Crippen LogP contribution is 2.25. The fraction of sp³-hybridized carbons (Fsp3) is 0.130. The van der Waals surface area contributed by atoms with Gasteiger partial charge in [0.2, 0.25) is 0 Å². The van der Waals surface area contributed by atoms with E-state index < -0.39 is 0 Å². The van der Waals surface area contributed by atoms with Crippen LogP contribution in [0.4, 0.5) is 0 Å². The number of aromatic nitrogens is 2. The molecule has 4 nitrogen and oxygen atoms in total. The normalized spacial score (nSPS) is 10.9. The molecule has 4 rings (SSSR count). The van der Waals surface area contributed by atoms with Gasteiger partial charge in [-0.25, -0.2) is 4.98 Å². The fourth-order valence-electron chi connectivity index (χ4n) is 3.25. The summed E-state index contributed by atoms with van der Waals surface area (Å²) >= 11 is 6.12. The van der Waals surface area contributed by atoms with Gasteiger partial charge in [-0.15, -0.1) is 0 Å². The first-order valence-corrected chi connectivity index (χ1v) is 9.56. The predicted octanol–water partition coefficient (Wildman–Crippen LogP) is 5.10. The molecule has 0 fully saturated rings. The molecule has 0 spiro atoms. The molecular formula is C23H20ClN3O. The number of nitrogens with zero attached hydrogens (tertiary/aromatic N) is 2. The second kappa shape index (κ2) is 7.87. The van der Waals surface area contributed by atoms with Crippen molar-refractivity contribution in [1.82, 2.24) is 14.9 Å². The monoisotopic (exact) mass is 389 g/mol. The standard InChI is InChI=1S/C23H20ClN3O/c1-16-10-12-17(13-11-16)22-26-20-8-4-5-9-21(20)27(22)15-14-25-23(28)18-6-2-3-7-19(18)24/h2-13H,14-15H2,1H3,(H,25,28). The number of halogens is 1. The van der Waals surface area contributed by atoms with E-state index in [9.17, 15) is 4.79 Å². The third-order valence-corrected chi connectivity index (χ3v) is 5.03. The van der Waals surface area contributed by atoms with Crippen molar-refractivity contribution in [2.45, 2.75) is 13.5 Å². The number of amides is 1. The summed E-state index contributed by atoms with van der Waals surface area (Å²) in [6.45, 7) is 3.15. The van der Waals surface area contributed by atoms with Crippen molar-refractivity contribution in [3.63, 3.8) is 0 Å². The van der Waals surface area contributed by atoms with Gasteiger partial charge < -0.3 is 9.88 Å². The molecule has 1 heterocycles. The molecule has 0 saturated heterocycles. The average Bonchev–Trinajstić information content (AvgIpc) is 3.07. The number of rotatable bonds is 5. The number of carbonyl (C=O) groups is 1. The Labute approximate surface area is 168 Å². The maximum absolute atomic E-state index is 12.4. The summed E-state index contributed by atoms with van der Waals surface area (Å²) in [6, 6.07) is 23.4. The molecule has 0 atom stereocenters. The summed E-state index contributed by atoms with van der Waals surface area (Å²) in [4.78, 5) is 17.2. The molecule has 5 heteroatoms. The molecule has 140 valence electrons. The van der Waals surface area contributed by atoms with Crippen LogP contribution in [-0.2, 0) is 6.54 Å². The van der Waals surface area contributed by atoms with E-state index in [4.69, 9.17) is 16.6 Å². The second-order valence-corrected chi connectivity index (χ2v) is 7.08. The van der Waals surface area contributed by atoms with Crippen molar-refractivity contribution in [3.8, 4) is 11.4 Å². The lowest BCUT2D eigenvalue weighted by Gasteiger charge is -2.11. The molecule has 1 amide bonds. The lowest BCUT2D eigenvalue weighted by Crippen LogP contribution is -2.27. The highest BCUT2D eigenvalue weighted by atomic mass is 35.5. The van der Waals surface area contributed by atoms with Crippen LogP contribution in [0.25, 0.3) is 22.4 Å². The van der Waals surface area contributed by atoms with Gasteiger partial charge in [0.25, 0.3) is 5.91 Å². The zero-order valence-corrected chi connectivity index (χ0v) is 16.3. The molecule has 0 aliphatic heterocycles. The summed E-state index contributed by atoms with van der Waals surface area (Å²) in [5.74, 6) is 0.722. The number of carbonyl (C=O) groups excluding carboxylic acids is 1. The van der Waals surface area contributed by atoms with Gasteiger partial charge >= 0.3 is 0 Å². The first-order valence-electron chi connectivity index (χ1n) is 9.18. The minimum absolute atomic E-state index is 0.174. The van der Waals surface area contributed by atoms with Crippen molar-refractivity contribution in [3.05, 3.63) is 88.9 Å². The predicted molar refractivity (Wildman–Crippen MR) is 114 cm³/mol. The number of benzene rings is 3. The van der Waals surface area contributed by atoms with E-state index >= 15 is 0 Å². The maximum atomic E-state index is 12.4. The molecule has 3 aromatic carbocycles. The third kappa shape index (κ3) is 3.64. The van der Waals surface area contributed by atoms with Crippen LogP contribution in [0, 0.1) is 6.92 Å². The van der Waals surface area contributed by atoms with Gasteiger partial charge in [-0.05, 0) is 31.2 Å². The van der Waals surface area contributed by atoms with Gasteiger partial charge in [-0.1, -0.05) is 65.7 Å². The van der Waals surface area contributed by atoms with Crippen LogP contribution < -0.4 is 5.32 Å². The number of para-hydroxylation sites is 2. The number of hydrogen-bond donors (Lipinski definition) is 1. The second-order valence-electron chi connectivity index (χ2n) is 6.68. The highest BCUT2D eigenvalue weighted by molar-refractivity contribution is 6.33. The Morgan fingerprint density at radius 1 is 1.00 bits per heavy atom. The van der Waals surface area contributed by atoms with E-state index in [1.54, 1.807) is 18.2 Å². The molecule has 0 saturated carbocycles. The minimum Gasteiger partial charge on any atom is -0.350 e. The van der Waals surface area contributed by atoms with Gasteiger partial charge in [0, 0.05) is 18.7 Å². The molecule has 1 aromatic heterocycles. The highest BCUT2D eigenvalue weighted by Gasteiger charge is 2.13. The van der Waals surface area contributed by atoms with Crippen LogP contribution in [-0.4, -0.2) is 22.0 Å². The Morgan fingerprint density at radius 2 is 1.71 bits per heavy atom. The third-order valence-electron chi connectivity index (χ3n) is 4.70. The summed E-state index contributed by atoms with van der Waals surface area (Å²) in [7, 11) is 0. The molecule has 0 aliphatic rings. The lowest BCUT2D eigenvalue weighted by atomic mass is 10.1. The molecule has 4 aromatic rings. The number of imidazole rings is 1. The van der Waals surface area contributed by atoms with E-state index in [1.807, 2.05) is 24.3 Å². The van der Waals surface area contributed by atoms with Crippen LogP contribution >= 0.6 is 11.6 Å². The van der Waals surface area contributed by atoms with Gasteiger partial charge in [0.15, 0.2) is 0 Å². The van der Waals surface area contributed by atoms with E-state index in [0.717, 1.165) is 22.4 Å². The Balaban J connectivity index is 1.59. The van der Waals surface area contributed by atoms with Crippen molar-refractivity contribution < 1.29 is 4.79 Å². The minimum atomic E-state index is -0.174. The average molecular weight is 390 g/mol. The largest absolute Gasteiger partial charge is 0.350 e. The van der Waals surface area contributed by atoms with E-state index in [0.29, 0.717) is 23.7 Å². The molecule has 0 unspecified atom stereocenters. The van der Waals surface area contributed by atoms with Crippen molar-refractivity contribution in [1.29, 1.82) is 0 Å². The smallest absolute Gasteiger partial charge is 0.252 e. The van der Waals surface area contributed by atoms with Crippen molar-refractivity contribution in [2.24, 2.45) is 0 Å². The molecule has 0 bridgehead atoms. The van der Waals surface area contributed by atoms with E-state index in [1.165, 1.54) is 5.56 Å². The lowest BCUT2D eigenvalue weighted by molar-refractivity contribution is 0.0952. The Morgan fingerprint density at radius 3 is 2.50 bits per heavy atom. The van der Waals surface area contributed by atoms with Gasteiger partial charge in [-0.2, -0.15) is 0 Å². The summed E-state index contributed by atoms with van der Waals surface area (Å²) < 4.78 is 2.15. The molecule has 0 aliphatic carbocycles. The Kier molecular flexibility index (Phi) is 5.13. The first kappa shape index (κ1) is 18.3. The summed E-state index contributed by atoms with van der Waals surface area (Å²) in [5.41, 5.74) is 4.73. The number of fused-ring (bicyclic) bond motifs is 1. The quantitative estimate of drug-likeness (QED) is 0.516. The molecule has 28 heavy (non-hydrogen) atoms. The Bertz CT molecular complexity index is 1130. The van der Waals surface area contributed by atoms with Gasteiger partial charge in [0.05, 0.1) is 21.6 Å². The van der Waals surface area contributed by atoms with E-state index in [-0.39, 0.29) is 5.91 Å². The summed E-state index contributed by atoms with van der Waals surface area (Å²) in [6.07, 6.45) is 0. The van der Waals surface area contributed by atoms with Crippen molar-refractivity contribution in [2.75, 3.05) is 6.54 Å². The van der Waals surface area contributed by atoms with Gasteiger partial charge in [-0.3, -0.25) is 4.79 Å². The first-order chi connectivity index (χ1) is 13.6. The zero-order chi connectivity index (χ0) is 19.5. The van der Waals surface area contributed by atoms with Crippen LogP contribution in [0.5, 0.6) is 0 Å². The Hall–Kier alpha value is -3.11. The number of aryl methyl sites for hydroxylation is 1. The SMILES string of the molecule is Cc1ccc(-c2nc3ccccc3n2CCNC(=O)c2ccccc2Cl)cc1. The molecule has 0 radical (unpaired) electrons. The van der Waals surface area contributed by atoms with E-state index in [2.05, 4.69) is 47.1 Å². The van der Waals surface area contributed by atoms with Gasteiger partial charge in [0.1, 0.15) is 5.82 Å².